The quantitative estimate of drug-likeness (QED) is 0.471. The van der Waals surface area contributed by atoms with Crippen molar-refractivity contribution in [2.75, 3.05) is 25.0 Å². The van der Waals surface area contributed by atoms with Gasteiger partial charge in [-0.1, -0.05) is 11.6 Å². The van der Waals surface area contributed by atoms with E-state index in [4.69, 9.17) is 0 Å². The summed E-state index contributed by atoms with van der Waals surface area (Å²) in [6.45, 7) is 2.80. The van der Waals surface area contributed by atoms with Gasteiger partial charge in [-0.2, -0.15) is 0 Å². The second kappa shape index (κ2) is 6.11. The molecular formula is C12H16N4O2. The number of hydrogen-bond acceptors (Lipinski definition) is 5. The molecule has 0 saturated carbocycles. The number of nitrogens with one attached hydrogen (secondary N) is 2. The van der Waals surface area contributed by atoms with E-state index < -0.39 is 4.92 Å². The van der Waals surface area contributed by atoms with Crippen LogP contribution in [0.15, 0.2) is 30.0 Å². The maximum absolute atomic E-state index is 10.5. The average Bonchev–Trinajstić information content (AvgIpc) is 2.40. The highest BCUT2D eigenvalue weighted by molar-refractivity contribution is 5.40. The molecule has 2 N–H and O–H groups in total. The van der Waals surface area contributed by atoms with Crippen molar-refractivity contribution in [1.82, 2.24) is 10.3 Å². The van der Waals surface area contributed by atoms with Crippen LogP contribution in [-0.2, 0) is 0 Å². The van der Waals surface area contributed by atoms with Crippen molar-refractivity contribution in [2.24, 2.45) is 0 Å². The van der Waals surface area contributed by atoms with Crippen LogP contribution in [0.4, 0.5) is 11.5 Å². The fourth-order valence-corrected chi connectivity index (χ4v) is 1.85. The van der Waals surface area contributed by atoms with Gasteiger partial charge in [-0.15, -0.1) is 0 Å². The highest BCUT2D eigenvalue weighted by Crippen LogP contribution is 2.13. The second-order valence-corrected chi connectivity index (χ2v) is 4.15. The number of anilines is 1. The first-order valence-corrected chi connectivity index (χ1v) is 5.98. The molecule has 0 spiro atoms. The molecule has 0 unspecified atom stereocenters. The van der Waals surface area contributed by atoms with E-state index in [1.807, 2.05) is 0 Å². The molecule has 1 aromatic rings. The summed E-state index contributed by atoms with van der Waals surface area (Å²) in [6, 6.07) is 3.09. The normalized spacial score (nSPS) is 15.0. The van der Waals surface area contributed by atoms with Gasteiger partial charge < -0.3 is 10.6 Å². The molecule has 6 heteroatoms. The van der Waals surface area contributed by atoms with Crippen LogP contribution in [0.2, 0.25) is 0 Å². The molecule has 0 aliphatic carbocycles. The molecule has 0 saturated heterocycles. The molecule has 1 aliphatic heterocycles. The molecule has 0 fully saturated rings. The van der Waals surface area contributed by atoms with E-state index in [1.54, 1.807) is 6.07 Å². The standard InChI is InChI=1S/C12H16N4O2/c17-16(18)11-1-2-12(15-9-11)14-8-5-10-3-6-13-7-4-10/h1-3,9,13H,4-8H2,(H,14,15). The summed E-state index contributed by atoms with van der Waals surface area (Å²) in [7, 11) is 0. The third kappa shape index (κ3) is 3.53. The third-order valence-corrected chi connectivity index (χ3v) is 2.87. The van der Waals surface area contributed by atoms with Crippen LogP contribution in [0.1, 0.15) is 12.8 Å². The number of rotatable bonds is 5. The Bertz CT molecular complexity index is 442. The summed E-state index contributed by atoms with van der Waals surface area (Å²) in [6.07, 6.45) is 5.57. The molecule has 1 aromatic heterocycles. The lowest BCUT2D eigenvalue weighted by Gasteiger charge is -2.14. The van der Waals surface area contributed by atoms with E-state index in [-0.39, 0.29) is 5.69 Å². The molecule has 2 rings (SSSR count). The molecule has 0 radical (unpaired) electrons. The topological polar surface area (TPSA) is 80.1 Å². The van der Waals surface area contributed by atoms with E-state index >= 15 is 0 Å². The molecule has 0 atom stereocenters. The summed E-state index contributed by atoms with van der Waals surface area (Å²) in [5, 5.41) is 16.9. The van der Waals surface area contributed by atoms with Gasteiger partial charge in [-0.3, -0.25) is 10.1 Å². The monoisotopic (exact) mass is 248 g/mol. The fourth-order valence-electron chi connectivity index (χ4n) is 1.85. The van der Waals surface area contributed by atoms with Crippen molar-refractivity contribution >= 4 is 11.5 Å². The highest BCUT2D eigenvalue weighted by atomic mass is 16.6. The molecule has 18 heavy (non-hydrogen) atoms. The summed E-state index contributed by atoms with van der Waals surface area (Å²) >= 11 is 0. The van der Waals surface area contributed by atoms with Gasteiger partial charge in [0, 0.05) is 19.2 Å². The zero-order chi connectivity index (χ0) is 12.8. The van der Waals surface area contributed by atoms with E-state index in [0.717, 1.165) is 32.5 Å². The number of pyridine rings is 1. The molecular weight excluding hydrogens is 232 g/mol. The SMILES string of the molecule is O=[N+]([O-])c1ccc(NCCC2=CCNCC2)nc1. The van der Waals surface area contributed by atoms with Crippen molar-refractivity contribution in [3.63, 3.8) is 0 Å². The third-order valence-electron chi connectivity index (χ3n) is 2.87. The molecule has 6 nitrogen and oxygen atoms in total. The van der Waals surface area contributed by atoms with Crippen LogP contribution in [0.3, 0.4) is 0 Å². The smallest absolute Gasteiger partial charge is 0.287 e. The Kier molecular flexibility index (Phi) is 4.25. The van der Waals surface area contributed by atoms with Gasteiger partial charge in [-0.05, 0) is 25.5 Å². The molecule has 96 valence electrons. The maximum atomic E-state index is 10.5. The van der Waals surface area contributed by atoms with Gasteiger partial charge in [0.15, 0.2) is 0 Å². The molecule has 1 aliphatic rings. The van der Waals surface area contributed by atoms with E-state index in [1.165, 1.54) is 17.8 Å². The summed E-state index contributed by atoms with van der Waals surface area (Å²) < 4.78 is 0. The Morgan fingerprint density at radius 2 is 2.39 bits per heavy atom. The van der Waals surface area contributed by atoms with E-state index in [2.05, 4.69) is 21.7 Å². The van der Waals surface area contributed by atoms with Crippen LogP contribution >= 0.6 is 0 Å². The predicted octanol–water partition coefficient (Wildman–Crippen LogP) is 1.71. The Hall–Kier alpha value is -1.95. The van der Waals surface area contributed by atoms with Crippen LogP contribution in [0, 0.1) is 10.1 Å². The second-order valence-electron chi connectivity index (χ2n) is 4.15. The number of nitro groups is 1. The van der Waals surface area contributed by atoms with Gasteiger partial charge in [0.25, 0.3) is 5.69 Å². The first-order chi connectivity index (χ1) is 8.75. The first kappa shape index (κ1) is 12.5. The summed E-state index contributed by atoms with van der Waals surface area (Å²) in [4.78, 5) is 14.0. The number of hydrogen-bond donors (Lipinski definition) is 2. The minimum Gasteiger partial charge on any atom is -0.370 e. The lowest BCUT2D eigenvalue weighted by molar-refractivity contribution is -0.385. The van der Waals surface area contributed by atoms with Crippen molar-refractivity contribution < 1.29 is 4.92 Å². The highest BCUT2D eigenvalue weighted by Gasteiger charge is 2.05. The number of nitrogens with zero attached hydrogens (tertiary/aromatic N) is 2. The minimum absolute atomic E-state index is 0.0154. The zero-order valence-electron chi connectivity index (χ0n) is 10.1. The Morgan fingerprint density at radius 1 is 1.50 bits per heavy atom. The zero-order valence-corrected chi connectivity index (χ0v) is 10.1. The van der Waals surface area contributed by atoms with Crippen molar-refractivity contribution in [3.05, 3.63) is 40.1 Å². The lowest BCUT2D eigenvalue weighted by Crippen LogP contribution is -2.21. The van der Waals surface area contributed by atoms with E-state index in [0.29, 0.717) is 5.82 Å². The molecule has 0 bridgehead atoms. The van der Waals surface area contributed by atoms with Gasteiger partial charge >= 0.3 is 0 Å². The van der Waals surface area contributed by atoms with Gasteiger partial charge in [0.2, 0.25) is 0 Å². The number of aromatic nitrogens is 1. The Labute approximate surface area is 105 Å². The largest absolute Gasteiger partial charge is 0.370 e. The minimum atomic E-state index is -0.448. The lowest BCUT2D eigenvalue weighted by atomic mass is 10.1. The van der Waals surface area contributed by atoms with Crippen molar-refractivity contribution in [3.8, 4) is 0 Å². The van der Waals surface area contributed by atoms with Crippen LogP contribution in [-0.4, -0.2) is 29.5 Å². The van der Waals surface area contributed by atoms with Gasteiger partial charge in [0.1, 0.15) is 12.0 Å². The Morgan fingerprint density at radius 3 is 3.00 bits per heavy atom. The van der Waals surface area contributed by atoms with Crippen LogP contribution < -0.4 is 10.6 Å². The molecule has 2 heterocycles. The first-order valence-electron chi connectivity index (χ1n) is 5.98. The predicted molar refractivity (Wildman–Crippen MR) is 69.6 cm³/mol. The summed E-state index contributed by atoms with van der Waals surface area (Å²) in [5.41, 5.74) is 1.46. The van der Waals surface area contributed by atoms with Crippen molar-refractivity contribution in [2.45, 2.75) is 12.8 Å². The molecule has 0 amide bonds. The van der Waals surface area contributed by atoms with E-state index in [9.17, 15) is 10.1 Å². The van der Waals surface area contributed by atoms with Gasteiger partial charge in [0.05, 0.1) is 4.92 Å². The molecule has 0 aromatic carbocycles. The Balaban J connectivity index is 1.79. The van der Waals surface area contributed by atoms with Crippen molar-refractivity contribution in [1.29, 1.82) is 0 Å². The van der Waals surface area contributed by atoms with Crippen LogP contribution in [0.25, 0.3) is 0 Å². The van der Waals surface area contributed by atoms with Crippen LogP contribution in [0.5, 0.6) is 0 Å². The summed E-state index contributed by atoms with van der Waals surface area (Å²) in [5.74, 6) is 0.676. The fraction of sp³-hybridized carbons (Fsp3) is 0.417. The maximum Gasteiger partial charge on any atom is 0.287 e. The van der Waals surface area contributed by atoms with Gasteiger partial charge in [-0.25, -0.2) is 4.98 Å². The average molecular weight is 248 g/mol.